The van der Waals surface area contributed by atoms with Crippen LogP contribution >= 0.6 is 0 Å². The van der Waals surface area contributed by atoms with Gasteiger partial charge in [-0.15, -0.1) is 0 Å². The van der Waals surface area contributed by atoms with Crippen LogP contribution in [0.3, 0.4) is 0 Å². The number of nitrogens with zero attached hydrogens (tertiary/aromatic N) is 4. The number of rotatable bonds is 7. The summed E-state index contributed by atoms with van der Waals surface area (Å²) >= 11 is 0. The summed E-state index contributed by atoms with van der Waals surface area (Å²) in [5.41, 5.74) is 13.1. The first kappa shape index (κ1) is 20.4. The molecule has 0 aliphatic carbocycles. The Balaban J connectivity index is 1.39. The molecule has 0 unspecified atom stereocenters. The molecule has 158 valence electrons. The molecular weight excluding hydrogens is 390 g/mol. The summed E-state index contributed by atoms with van der Waals surface area (Å²) in [5.74, 6) is 0.874. The number of benzene rings is 2. The van der Waals surface area contributed by atoms with Crippen LogP contribution in [0, 0.1) is 20.8 Å². The third-order valence-corrected chi connectivity index (χ3v) is 4.93. The number of hydrogen-bond donors (Lipinski definition) is 1. The molecule has 0 fully saturated rings. The van der Waals surface area contributed by atoms with Gasteiger partial charge >= 0.3 is 0 Å². The van der Waals surface area contributed by atoms with Gasteiger partial charge in [-0.25, -0.2) is 0 Å². The van der Waals surface area contributed by atoms with Crippen molar-refractivity contribution < 1.29 is 9.36 Å². The molecule has 0 spiro atoms. The van der Waals surface area contributed by atoms with E-state index < -0.39 is 0 Å². The lowest BCUT2D eigenvalue weighted by Crippen LogP contribution is -2.14. The molecule has 2 aromatic carbocycles. The Morgan fingerprint density at radius 1 is 1.06 bits per heavy atom. The summed E-state index contributed by atoms with van der Waals surface area (Å²) in [6, 6.07) is 19.9. The van der Waals surface area contributed by atoms with E-state index in [4.69, 9.17) is 15.1 Å². The minimum absolute atomic E-state index is 0.144. The van der Waals surface area contributed by atoms with Crippen LogP contribution in [0.1, 0.15) is 33.8 Å². The van der Waals surface area contributed by atoms with E-state index in [1.54, 1.807) is 0 Å². The molecule has 0 atom stereocenters. The normalized spacial score (nSPS) is 11.6. The zero-order chi connectivity index (χ0) is 21.8. The lowest BCUT2D eigenvalue weighted by Gasteiger charge is -2.07. The fourth-order valence-corrected chi connectivity index (χ4v) is 3.30. The minimum Gasteiger partial charge on any atom is -0.386 e. The lowest BCUT2D eigenvalue weighted by molar-refractivity contribution is 0.109. The Hall–Kier alpha value is -3.87. The van der Waals surface area contributed by atoms with Gasteiger partial charge in [-0.3, -0.25) is 4.68 Å². The number of hydrogen-bond acceptors (Lipinski definition) is 5. The second-order valence-corrected chi connectivity index (χ2v) is 7.58. The van der Waals surface area contributed by atoms with E-state index in [-0.39, 0.29) is 6.61 Å². The highest BCUT2D eigenvalue weighted by Crippen LogP contribution is 2.20. The molecule has 2 heterocycles. The number of nitrogens with two attached hydrogens (primary N) is 1. The zero-order valence-electron chi connectivity index (χ0n) is 17.9. The Morgan fingerprint density at radius 3 is 2.61 bits per heavy atom. The largest absolute Gasteiger partial charge is 0.386 e. The van der Waals surface area contributed by atoms with E-state index >= 15 is 0 Å². The van der Waals surface area contributed by atoms with Crippen LogP contribution in [0.25, 0.3) is 11.3 Å². The molecular formula is C24H25N5O2. The summed E-state index contributed by atoms with van der Waals surface area (Å²) < 4.78 is 7.31. The molecule has 0 bridgehead atoms. The smallest absolute Gasteiger partial charge is 0.177 e. The Bertz CT molecular complexity index is 1200. The van der Waals surface area contributed by atoms with Crippen LogP contribution in [-0.4, -0.2) is 20.8 Å². The van der Waals surface area contributed by atoms with Crippen molar-refractivity contribution in [2.24, 2.45) is 10.9 Å². The maximum absolute atomic E-state index is 6.12. The lowest BCUT2D eigenvalue weighted by atomic mass is 10.1. The highest BCUT2D eigenvalue weighted by molar-refractivity contribution is 5.97. The van der Waals surface area contributed by atoms with Crippen molar-refractivity contribution in [3.63, 3.8) is 0 Å². The van der Waals surface area contributed by atoms with E-state index in [1.165, 1.54) is 5.56 Å². The van der Waals surface area contributed by atoms with E-state index in [2.05, 4.69) is 21.5 Å². The van der Waals surface area contributed by atoms with E-state index in [0.717, 1.165) is 33.8 Å². The molecule has 0 saturated carbocycles. The molecule has 4 aromatic rings. The first-order chi connectivity index (χ1) is 15.0. The van der Waals surface area contributed by atoms with Crippen molar-refractivity contribution in [2.75, 3.05) is 0 Å². The summed E-state index contributed by atoms with van der Waals surface area (Å²) in [7, 11) is 0. The van der Waals surface area contributed by atoms with Gasteiger partial charge in [0.1, 0.15) is 5.69 Å². The van der Waals surface area contributed by atoms with Crippen molar-refractivity contribution in [1.82, 2.24) is 14.9 Å². The Labute approximate surface area is 181 Å². The van der Waals surface area contributed by atoms with Crippen molar-refractivity contribution >= 4 is 5.84 Å². The minimum atomic E-state index is 0.144. The van der Waals surface area contributed by atoms with Crippen LogP contribution in [0.2, 0.25) is 0 Å². The molecule has 0 aliphatic heterocycles. The van der Waals surface area contributed by atoms with Gasteiger partial charge in [-0.2, -0.15) is 5.10 Å². The van der Waals surface area contributed by atoms with Gasteiger partial charge in [0.05, 0.1) is 12.2 Å². The van der Waals surface area contributed by atoms with Gasteiger partial charge in [0, 0.05) is 22.9 Å². The molecule has 2 N–H and O–H groups in total. The third-order valence-electron chi connectivity index (χ3n) is 4.93. The van der Waals surface area contributed by atoms with Gasteiger partial charge in [-0.05, 0) is 38.5 Å². The van der Waals surface area contributed by atoms with E-state index in [1.807, 2.05) is 80.1 Å². The maximum atomic E-state index is 6.12. The topological polar surface area (TPSA) is 91.5 Å². The van der Waals surface area contributed by atoms with Crippen molar-refractivity contribution in [1.29, 1.82) is 0 Å². The number of amidine groups is 1. The van der Waals surface area contributed by atoms with Crippen LogP contribution in [0.4, 0.5) is 0 Å². The van der Waals surface area contributed by atoms with Gasteiger partial charge in [-0.1, -0.05) is 58.3 Å². The molecule has 7 nitrogen and oxygen atoms in total. The van der Waals surface area contributed by atoms with Gasteiger partial charge in [0.2, 0.25) is 0 Å². The Morgan fingerprint density at radius 2 is 1.87 bits per heavy atom. The molecule has 0 saturated heterocycles. The second kappa shape index (κ2) is 8.87. The summed E-state index contributed by atoms with van der Waals surface area (Å²) in [6.45, 7) is 6.89. The predicted octanol–water partition coefficient (Wildman–Crippen LogP) is 4.35. The van der Waals surface area contributed by atoms with Crippen LogP contribution in [0.5, 0.6) is 0 Å². The summed E-state index contributed by atoms with van der Waals surface area (Å²) in [5, 5.41) is 12.6. The van der Waals surface area contributed by atoms with Gasteiger partial charge in [0.15, 0.2) is 18.2 Å². The van der Waals surface area contributed by atoms with Crippen molar-refractivity contribution in [3.8, 4) is 11.3 Å². The SMILES string of the molecule is Cc1ccc(-c2cc(CO/N=C(\N)c3cccc(Cn4nc(C)cc4C)c3)on2)cc1. The van der Waals surface area contributed by atoms with Crippen LogP contribution in [0.15, 0.2) is 70.3 Å². The third kappa shape index (κ3) is 5.01. The quantitative estimate of drug-likeness (QED) is 0.275. The molecule has 31 heavy (non-hydrogen) atoms. The average Bonchev–Trinajstić information content (AvgIpc) is 3.35. The Kier molecular flexibility index (Phi) is 5.84. The second-order valence-electron chi connectivity index (χ2n) is 7.58. The average molecular weight is 415 g/mol. The highest BCUT2D eigenvalue weighted by atomic mass is 16.6. The van der Waals surface area contributed by atoms with Crippen molar-refractivity contribution in [3.05, 3.63) is 94.5 Å². The highest BCUT2D eigenvalue weighted by Gasteiger charge is 2.08. The molecule has 7 heteroatoms. The summed E-state index contributed by atoms with van der Waals surface area (Å²) in [6.07, 6.45) is 0. The zero-order valence-corrected chi connectivity index (χ0v) is 17.9. The fraction of sp³-hybridized carbons (Fsp3) is 0.208. The predicted molar refractivity (Wildman–Crippen MR) is 119 cm³/mol. The fourth-order valence-electron chi connectivity index (χ4n) is 3.30. The van der Waals surface area contributed by atoms with E-state index in [0.29, 0.717) is 18.1 Å². The first-order valence-electron chi connectivity index (χ1n) is 10.1. The molecule has 0 radical (unpaired) electrons. The van der Waals surface area contributed by atoms with Crippen LogP contribution < -0.4 is 5.73 Å². The monoisotopic (exact) mass is 415 g/mol. The standard InChI is InChI=1S/C24H25N5O2/c1-16-7-9-20(10-8-16)23-13-22(31-27-23)15-30-28-24(25)21-6-4-5-19(12-21)14-29-18(3)11-17(2)26-29/h4-13H,14-15H2,1-3H3,(H2,25,28). The van der Waals surface area contributed by atoms with Gasteiger partial charge < -0.3 is 15.1 Å². The van der Waals surface area contributed by atoms with Crippen LogP contribution in [-0.2, 0) is 18.0 Å². The molecule has 4 rings (SSSR count). The number of aromatic nitrogens is 3. The number of aryl methyl sites for hydroxylation is 3. The van der Waals surface area contributed by atoms with Gasteiger partial charge in [0.25, 0.3) is 0 Å². The molecule has 0 amide bonds. The van der Waals surface area contributed by atoms with E-state index in [9.17, 15) is 0 Å². The summed E-state index contributed by atoms with van der Waals surface area (Å²) in [4.78, 5) is 5.40. The van der Waals surface area contributed by atoms with Crippen molar-refractivity contribution in [2.45, 2.75) is 33.9 Å². The maximum Gasteiger partial charge on any atom is 0.177 e. The molecule has 0 aliphatic rings. The number of oxime groups is 1. The molecule has 2 aromatic heterocycles. The first-order valence-corrected chi connectivity index (χ1v) is 10.1.